The Morgan fingerprint density at radius 3 is 2.89 bits per heavy atom. The van der Waals surface area contributed by atoms with Gasteiger partial charge in [0.15, 0.2) is 0 Å². The van der Waals surface area contributed by atoms with Gasteiger partial charge in [-0.3, -0.25) is 4.40 Å². The molecule has 3 heterocycles. The fourth-order valence-electron chi connectivity index (χ4n) is 1.89. The number of rotatable bonds is 2. The molecule has 0 saturated carbocycles. The molecular weight excluding hydrogens is 238 g/mol. The summed E-state index contributed by atoms with van der Waals surface area (Å²) in [5.74, 6) is -0.830. The summed E-state index contributed by atoms with van der Waals surface area (Å²) >= 11 is 0. The standard InChI is InChI=1S/C10H9N5O3/c1-4-3-11-10-12-6(5(2)15(4)10)7-13-8(9(16)17)18-14-7/h3H,1-2H3,(H,11,12)(H,16,17). The molecule has 8 heteroatoms. The predicted octanol–water partition coefficient (Wildman–Crippen LogP) is 1.03. The summed E-state index contributed by atoms with van der Waals surface area (Å²) in [6.07, 6.45) is 1.74. The third kappa shape index (κ3) is 1.32. The van der Waals surface area contributed by atoms with E-state index in [0.717, 1.165) is 11.4 Å². The summed E-state index contributed by atoms with van der Waals surface area (Å²) in [7, 11) is 0. The number of aromatic nitrogens is 5. The minimum atomic E-state index is -1.25. The van der Waals surface area contributed by atoms with E-state index in [1.165, 1.54) is 0 Å². The number of aryl methyl sites for hydroxylation is 2. The van der Waals surface area contributed by atoms with Crippen LogP contribution in [0, 0.1) is 13.8 Å². The van der Waals surface area contributed by atoms with Crippen molar-refractivity contribution in [2.75, 3.05) is 0 Å². The van der Waals surface area contributed by atoms with Crippen molar-refractivity contribution < 1.29 is 14.4 Å². The molecule has 0 aliphatic carbocycles. The average molecular weight is 247 g/mol. The minimum absolute atomic E-state index is 0.204. The van der Waals surface area contributed by atoms with Gasteiger partial charge in [-0.25, -0.2) is 9.78 Å². The number of hydrogen-bond acceptors (Lipinski definition) is 5. The van der Waals surface area contributed by atoms with E-state index in [1.54, 1.807) is 6.20 Å². The van der Waals surface area contributed by atoms with E-state index in [2.05, 4.69) is 24.6 Å². The Morgan fingerprint density at radius 1 is 1.50 bits per heavy atom. The Bertz CT molecular complexity index is 751. The van der Waals surface area contributed by atoms with Crippen molar-refractivity contribution >= 4 is 11.7 Å². The van der Waals surface area contributed by atoms with Crippen LogP contribution in [0.1, 0.15) is 22.1 Å². The Morgan fingerprint density at radius 2 is 2.28 bits per heavy atom. The molecule has 3 aromatic rings. The Balaban J connectivity index is 2.18. The van der Waals surface area contributed by atoms with Crippen LogP contribution in [0.25, 0.3) is 17.3 Å². The van der Waals surface area contributed by atoms with Gasteiger partial charge in [-0.05, 0) is 13.8 Å². The molecule has 0 aromatic carbocycles. The average Bonchev–Trinajstić information content (AvgIpc) is 2.97. The third-order valence-electron chi connectivity index (χ3n) is 2.70. The number of H-pyrrole nitrogens is 1. The van der Waals surface area contributed by atoms with Crippen LogP contribution >= 0.6 is 0 Å². The summed E-state index contributed by atoms with van der Waals surface area (Å²) in [5.41, 5.74) is 2.40. The lowest BCUT2D eigenvalue weighted by atomic mass is 10.3. The Labute approximate surface area is 100 Å². The number of nitrogens with one attached hydrogen (secondary N) is 1. The van der Waals surface area contributed by atoms with Gasteiger partial charge < -0.3 is 14.6 Å². The zero-order valence-electron chi connectivity index (χ0n) is 9.63. The highest BCUT2D eigenvalue weighted by atomic mass is 16.5. The number of aromatic carboxylic acids is 1. The lowest BCUT2D eigenvalue weighted by Crippen LogP contribution is -1.96. The molecule has 3 rings (SSSR count). The summed E-state index contributed by atoms with van der Waals surface area (Å²) < 4.78 is 6.52. The largest absolute Gasteiger partial charge is 0.474 e. The molecule has 0 spiro atoms. The molecule has 0 amide bonds. The van der Waals surface area contributed by atoms with Gasteiger partial charge in [-0.1, -0.05) is 5.16 Å². The number of aromatic amines is 1. The molecule has 8 nitrogen and oxygen atoms in total. The van der Waals surface area contributed by atoms with Gasteiger partial charge in [-0.15, -0.1) is 0 Å². The summed E-state index contributed by atoms with van der Waals surface area (Å²) in [4.78, 5) is 21.7. The molecule has 2 N–H and O–H groups in total. The maximum atomic E-state index is 10.7. The number of fused-ring (bicyclic) bond motifs is 1. The zero-order chi connectivity index (χ0) is 12.9. The van der Waals surface area contributed by atoms with Gasteiger partial charge in [0.2, 0.25) is 11.6 Å². The van der Waals surface area contributed by atoms with Gasteiger partial charge in [0, 0.05) is 5.69 Å². The second kappa shape index (κ2) is 3.42. The molecule has 92 valence electrons. The number of imidazole rings is 2. The molecule has 0 bridgehead atoms. The molecule has 18 heavy (non-hydrogen) atoms. The van der Waals surface area contributed by atoms with Crippen molar-refractivity contribution in [3.63, 3.8) is 0 Å². The molecule has 0 radical (unpaired) electrons. The van der Waals surface area contributed by atoms with Crippen LogP contribution in [0.5, 0.6) is 0 Å². The second-order valence-corrected chi connectivity index (χ2v) is 3.87. The second-order valence-electron chi connectivity index (χ2n) is 3.87. The first-order valence-electron chi connectivity index (χ1n) is 5.18. The molecule has 0 aliphatic rings. The highest BCUT2D eigenvalue weighted by Crippen LogP contribution is 2.21. The molecule has 0 aliphatic heterocycles. The lowest BCUT2D eigenvalue weighted by molar-refractivity contribution is 0.0643. The number of nitrogens with zero attached hydrogens (tertiary/aromatic N) is 4. The molecule has 0 atom stereocenters. The number of carbonyl (C=O) groups is 1. The summed E-state index contributed by atoms with van der Waals surface area (Å²) in [6.45, 7) is 3.79. The van der Waals surface area contributed by atoms with Crippen LogP contribution in [0.3, 0.4) is 0 Å². The number of carboxylic acid groups (broad SMARTS) is 1. The highest BCUT2D eigenvalue weighted by molar-refractivity contribution is 5.82. The van der Waals surface area contributed by atoms with Crippen LogP contribution < -0.4 is 0 Å². The van der Waals surface area contributed by atoms with Crippen molar-refractivity contribution in [2.45, 2.75) is 13.8 Å². The molecule has 0 fully saturated rings. The first-order chi connectivity index (χ1) is 8.58. The van der Waals surface area contributed by atoms with E-state index in [0.29, 0.717) is 11.5 Å². The van der Waals surface area contributed by atoms with Crippen molar-refractivity contribution in [3.05, 3.63) is 23.5 Å². The number of hydrogen-bond donors (Lipinski definition) is 2. The quantitative estimate of drug-likeness (QED) is 0.699. The fraction of sp³-hybridized carbons (Fsp3) is 0.200. The lowest BCUT2D eigenvalue weighted by Gasteiger charge is -1.94. The van der Waals surface area contributed by atoms with Gasteiger partial charge >= 0.3 is 11.9 Å². The fourth-order valence-corrected chi connectivity index (χ4v) is 1.89. The first kappa shape index (κ1) is 10.5. The smallest absolute Gasteiger partial charge is 0.394 e. The van der Waals surface area contributed by atoms with Crippen LogP contribution in [0.4, 0.5) is 0 Å². The Kier molecular flexibility index (Phi) is 2.00. The van der Waals surface area contributed by atoms with Crippen molar-refractivity contribution in [1.29, 1.82) is 0 Å². The highest BCUT2D eigenvalue weighted by Gasteiger charge is 2.19. The van der Waals surface area contributed by atoms with Crippen LogP contribution in [-0.2, 0) is 0 Å². The van der Waals surface area contributed by atoms with E-state index >= 15 is 0 Å². The van der Waals surface area contributed by atoms with E-state index in [1.807, 2.05) is 18.2 Å². The van der Waals surface area contributed by atoms with Crippen LogP contribution in [0.2, 0.25) is 0 Å². The van der Waals surface area contributed by atoms with Crippen molar-refractivity contribution in [3.8, 4) is 11.5 Å². The van der Waals surface area contributed by atoms with Crippen molar-refractivity contribution in [1.82, 2.24) is 24.5 Å². The van der Waals surface area contributed by atoms with Gasteiger partial charge in [0.25, 0.3) is 0 Å². The van der Waals surface area contributed by atoms with Crippen LogP contribution in [0.15, 0.2) is 10.7 Å². The maximum Gasteiger partial charge on any atom is 0.394 e. The van der Waals surface area contributed by atoms with Crippen molar-refractivity contribution in [2.24, 2.45) is 0 Å². The Hall–Kier alpha value is -2.64. The third-order valence-corrected chi connectivity index (χ3v) is 2.70. The van der Waals surface area contributed by atoms with Gasteiger partial charge in [0.05, 0.1) is 11.9 Å². The molecular formula is C10H9N5O3. The SMILES string of the molecule is Cc1cnc2[nH]c(-c3noc(C(=O)O)n3)c(C)n12. The topological polar surface area (TPSA) is 109 Å². The molecule has 3 aromatic heterocycles. The number of carboxylic acids is 1. The monoisotopic (exact) mass is 247 g/mol. The predicted molar refractivity (Wildman–Crippen MR) is 59.3 cm³/mol. The van der Waals surface area contributed by atoms with E-state index in [4.69, 9.17) is 5.11 Å². The van der Waals surface area contributed by atoms with E-state index in [-0.39, 0.29) is 5.82 Å². The summed E-state index contributed by atoms with van der Waals surface area (Å²) in [5, 5.41) is 12.4. The minimum Gasteiger partial charge on any atom is -0.474 e. The van der Waals surface area contributed by atoms with Crippen LogP contribution in [-0.4, -0.2) is 35.6 Å². The molecule has 0 unspecified atom stereocenters. The van der Waals surface area contributed by atoms with E-state index in [9.17, 15) is 4.79 Å². The molecule has 0 saturated heterocycles. The maximum absolute atomic E-state index is 10.7. The zero-order valence-corrected chi connectivity index (χ0v) is 9.63. The van der Waals surface area contributed by atoms with Gasteiger partial charge in [0.1, 0.15) is 5.69 Å². The van der Waals surface area contributed by atoms with E-state index < -0.39 is 11.9 Å². The first-order valence-corrected chi connectivity index (χ1v) is 5.18. The normalized spacial score (nSPS) is 11.2. The summed E-state index contributed by atoms with van der Waals surface area (Å²) in [6, 6.07) is 0. The van der Waals surface area contributed by atoms with Gasteiger partial charge in [-0.2, -0.15) is 4.98 Å².